The van der Waals surface area contributed by atoms with E-state index in [1.807, 2.05) is 31.2 Å². The number of alkyl halides is 3. The summed E-state index contributed by atoms with van der Waals surface area (Å²) in [5.74, 6) is 0. The number of hydrogen-bond acceptors (Lipinski definition) is 3. The minimum absolute atomic E-state index is 0.149. The summed E-state index contributed by atoms with van der Waals surface area (Å²) in [4.78, 5) is -0.286. The van der Waals surface area contributed by atoms with E-state index in [2.05, 4.69) is 9.82 Å². The SMILES string of the molecule is Cc1cccc(CCNS(=O)(=O)c2cnn(CC(F)(F)F)c2)c1. The maximum atomic E-state index is 12.2. The largest absolute Gasteiger partial charge is 0.408 e. The van der Waals surface area contributed by atoms with Crippen LogP contribution in [0.25, 0.3) is 0 Å². The second kappa shape index (κ2) is 6.71. The van der Waals surface area contributed by atoms with Crippen molar-refractivity contribution in [3.8, 4) is 0 Å². The average molecular weight is 347 g/mol. The first-order chi connectivity index (χ1) is 10.7. The number of sulfonamides is 1. The van der Waals surface area contributed by atoms with Gasteiger partial charge in [0.25, 0.3) is 0 Å². The summed E-state index contributed by atoms with van der Waals surface area (Å²) in [6.07, 6.45) is -2.20. The molecule has 23 heavy (non-hydrogen) atoms. The highest BCUT2D eigenvalue weighted by molar-refractivity contribution is 7.89. The van der Waals surface area contributed by atoms with Gasteiger partial charge in [0.15, 0.2) is 0 Å². The molecule has 0 aliphatic heterocycles. The van der Waals surface area contributed by atoms with Gasteiger partial charge in [-0.1, -0.05) is 29.8 Å². The van der Waals surface area contributed by atoms with Crippen molar-refractivity contribution in [3.63, 3.8) is 0 Å². The van der Waals surface area contributed by atoms with Crippen molar-refractivity contribution in [2.24, 2.45) is 0 Å². The van der Waals surface area contributed by atoms with Gasteiger partial charge in [-0.15, -0.1) is 0 Å². The molecular weight excluding hydrogens is 331 g/mol. The average Bonchev–Trinajstić information content (AvgIpc) is 2.85. The first kappa shape index (κ1) is 17.5. The predicted octanol–water partition coefficient (Wildman–Crippen LogP) is 2.27. The number of hydrogen-bond donors (Lipinski definition) is 1. The van der Waals surface area contributed by atoms with E-state index < -0.39 is 22.7 Å². The second-order valence-corrected chi connectivity index (χ2v) is 6.89. The first-order valence-corrected chi connectivity index (χ1v) is 8.28. The van der Waals surface area contributed by atoms with Gasteiger partial charge in [-0.25, -0.2) is 13.1 Å². The Hall–Kier alpha value is -1.87. The minimum Gasteiger partial charge on any atom is -0.262 e. The lowest BCUT2D eigenvalue weighted by molar-refractivity contribution is -0.142. The third kappa shape index (κ3) is 5.36. The summed E-state index contributed by atoms with van der Waals surface area (Å²) in [5, 5.41) is 3.42. The molecule has 1 aromatic carbocycles. The Labute approximate surface area is 132 Å². The molecule has 0 unspecified atom stereocenters. The molecule has 2 aromatic rings. The molecule has 2 rings (SSSR count). The fraction of sp³-hybridized carbons (Fsp3) is 0.357. The number of benzene rings is 1. The van der Waals surface area contributed by atoms with Gasteiger partial charge in [-0.3, -0.25) is 4.68 Å². The van der Waals surface area contributed by atoms with Crippen LogP contribution < -0.4 is 4.72 Å². The van der Waals surface area contributed by atoms with Gasteiger partial charge in [-0.2, -0.15) is 18.3 Å². The number of halogens is 3. The van der Waals surface area contributed by atoms with Crippen LogP contribution in [0.2, 0.25) is 0 Å². The summed E-state index contributed by atoms with van der Waals surface area (Å²) in [7, 11) is -3.88. The maximum absolute atomic E-state index is 12.2. The third-order valence-corrected chi connectivity index (χ3v) is 4.46. The van der Waals surface area contributed by atoms with Gasteiger partial charge >= 0.3 is 6.18 Å². The molecule has 0 spiro atoms. The summed E-state index contributed by atoms with van der Waals surface area (Å²) in [6.45, 7) is 0.755. The van der Waals surface area contributed by atoms with Gasteiger partial charge < -0.3 is 0 Å². The molecule has 0 fully saturated rings. The summed E-state index contributed by atoms with van der Waals surface area (Å²) >= 11 is 0. The zero-order chi connectivity index (χ0) is 17.1. The minimum atomic E-state index is -4.45. The molecule has 0 bridgehead atoms. The second-order valence-electron chi connectivity index (χ2n) is 5.13. The fourth-order valence-electron chi connectivity index (χ4n) is 2.03. The summed E-state index contributed by atoms with van der Waals surface area (Å²) in [5.41, 5.74) is 2.04. The Morgan fingerprint density at radius 2 is 2.04 bits per heavy atom. The summed E-state index contributed by atoms with van der Waals surface area (Å²) < 4.78 is 63.7. The Morgan fingerprint density at radius 3 is 2.70 bits per heavy atom. The van der Waals surface area contributed by atoms with E-state index in [1.54, 1.807) is 0 Å². The van der Waals surface area contributed by atoms with E-state index in [1.165, 1.54) is 0 Å². The van der Waals surface area contributed by atoms with E-state index >= 15 is 0 Å². The molecule has 0 aliphatic rings. The smallest absolute Gasteiger partial charge is 0.262 e. The van der Waals surface area contributed by atoms with Crippen LogP contribution in [0.15, 0.2) is 41.6 Å². The lowest BCUT2D eigenvalue weighted by atomic mass is 10.1. The standard InChI is InChI=1S/C14H16F3N3O2S/c1-11-3-2-4-12(7-11)5-6-19-23(21,22)13-8-18-20(9-13)10-14(15,16)17/h2-4,7-9,19H,5-6,10H2,1H3. The van der Waals surface area contributed by atoms with E-state index in [9.17, 15) is 21.6 Å². The van der Waals surface area contributed by atoms with E-state index in [0.29, 0.717) is 11.1 Å². The number of aryl methyl sites for hydroxylation is 1. The van der Waals surface area contributed by atoms with Gasteiger partial charge in [0.1, 0.15) is 11.4 Å². The van der Waals surface area contributed by atoms with Crippen LogP contribution in [0.1, 0.15) is 11.1 Å². The van der Waals surface area contributed by atoms with Crippen molar-refractivity contribution in [2.75, 3.05) is 6.54 Å². The lowest BCUT2D eigenvalue weighted by Crippen LogP contribution is -2.25. The predicted molar refractivity (Wildman–Crippen MR) is 78.4 cm³/mol. The molecule has 1 aromatic heterocycles. The lowest BCUT2D eigenvalue weighted by Gasteiger charge is -2.06. The monoisotopic (exact) mass is 347 g/mol. The zero-order valence-electron chi connectivity index (χ0n) is 12.3. The van der Waals surface area contributed by atoms with Gasteiger partial charge in [-0.05, 0) is 18.9 Å². The highest BCUT2D eigenvalue weighted by atomic mass is 32.2. The Kier molecular flexibility index (Phi) is 5.10. The molecular formula is C14H16F3N3O2S. The first-order valence-electron chi connectivity index (χ1n) is 6.80. The van der Waals surface area contributed by atoms with E-state index in [-0.39, 0.29) is 11.4 Å². The Morgan fingerprint density at radius 1 is 1.30 bits per heavy atom. The molecule has 0 atom stereocenters. The molecule has 9 heteroatoms. The molecule has 0 amide bonds. The van der Waals surface area contributed by atoms with Gasteiger partial charge in [0.05, 0.1) is 6.20 Å². The number of aromatic nitrogens is 2. The zero-order valence-corrected chi connectivity index (χ0v) is 13.2. The van der Waals surface area contributed by atoms with Crippen LogP contribution in [0, 0.1) is 6.92 Å². The van der Waals surface area contributed by atoms with Crippen molar-refractivity contribution in [1.82, 2.24) is 14.5 Å². The number of rotatable bonds is 6. The highest BCUT2D eigenvalue weighted by Crippen LogP contribution is 2.18. The molecule has 1 N–H and O–H groups in total. The molecule has 0 saturated heterocycles. The molecule has 0 saturated carbocycles. The Balaban J connectivity index is 1.96. The molecule has 0 aliphatic carbocycles. The number of nitrogens with zero attached hydrogens (tertiary/aromatic N) is 2. The molecule has 5 nitrogen and oxygen atoms in total. The fourth-order valence-corrected chi connectivity index (χ4v) is 3.02. The van der Waals surface area contributed by atoms with Crippen molar-refractivity contribution in [1.29, 1.82) is 0 Å². The highest BCUT2D eigenvalue weighted by Gasteiger charge is 2.29. The van der Waals surface area contributed by atoms with E-state index in [4.69, 9.17) is 0 Å². The quantitative estimate of drug-likeness (QED) is 0.872. The van der Waals surface area contributed by atoms with Crippen LogP contribution >= 0.6 is 0 Å². The van der Waals surface area contributed by atoms with Crippen LogP contribution in [-0.4, -0.2) is 30.9 Å². The topological polar surface area (TPSA) is 64.0 Å². The van der Waals surface area contributed by atoms with Crippen molar-refractivity contribution in [3.05, 3.63) is 47.8 Å². The third-order valence-electron chi connectivity index (χ3n) is 3.05. The Bertz CT molecular complexity index is 770. The van der Waals surface area contributed by atoms with Crippen molar-refractivity contribution < 1.29 is 21.6 Å². The summed E-state index contributed by atoms with van der Waals surface area (Å²) in [6, 6.07) is 7.63. The van der Waals surface area contributed by atoms with E-state index in [0.717, 1.165) is 23.5 Å². The van der Waals surface area contributed by atoms with Crippen LogP contribution in [0.3, 0.4) is 0 Å². The van der Waals surface area contributed by atoms with Gasteiger partial charge in [0, 0.05) is 12.7 Å². The van der Waals surface area contributed by atoms with Gasteiger partial charge in [0.2, 0.25) is 10.0 Å². The molecule has 126 valence electrons. The van der Waals surface area contributed by atoms with Crippen LogP contribution in [-0.2, 0) is 23.0 Å². The number of nitrogens with one attached hydrogen (secondary N) is 1. The van der Waals surface area contributed by atoms with Crippen molar-refractivity contribution in [2.45, 2.75) is 31.0 Å². The van der Waals surface area contributed by atoms with Crippen molar-refractivity contribution >= 4 is 10.0 Å². The molecule has 1 heterocycles. The maximum Gasteiger partial charge on any atom is 0.408 e. The molecule has 0 radical (unpaired) electrons. The van der Waals surface area contributed by atoms with Crippen LogP contribution in [0.5, 0.6) is 0 Å². The van der Waals surface area contributed by atoms with Crippen LogP contribution in [0.4, 0.5) is 13.2 Å². The normalized spacial score (nSPS) is 12.5.